The molecule has 0 atom stereocenters. The van der Waals surface area contributed by atoms with Crippen molar-refractivity contribution in [1.82, 2.24) is 0 Å². The van der Waals surface area contributed by atoms with Gasteiger partial charge in [-0.1, -0.05) is 26.0 Å². The summed E-state index contributed by atoms with van der Waals surface area (Å²) in [5, 5.41) is 4.95. The zero-order valence-electron chi connectivity index (χ0n) is 7.24. The second-order valence-electron chi connectivity index (χ2n) is 3.68. The molecule has 0 unspecified atom stereocenters. The molecule has 0 saturated heterocycles. The summed E-state index contributed by atoms with van der Waals surface area (Å²) in [6.07, 6.45) is 5.82. The van der Waals surface area contributed by atoms with Gasteiger partial charge in [-0.05, 0) is 17.9 Å². The summed E-state index contributed by atoms with van der Waals surface area (Å²) in [6, 6.07) is 0. The highest BCUT2D eigenvalue weighted by molar-refractivity contribution is 7.93. The summed E-state index contributed by atoms with van der Waals surface area (Å²) in [5.41, 5.74) is 0.0498. The summed E-state index contributed by atoms with van der Waals surface area (Å²) in [6.45, 7) is 4.08. The van der Waals surface area contributed by atoms with Crippen molar-refractivity contribution in [2.45, 2.75) is 20.3 Å². The first-order valence-electron chi connectivity index (χ1n) is 3.73. The molecule has 1 rings (SSSR count). The van der Waals surface area contributed by atoms with Crippen LogP contribution in [0.4, 0.5) is 0 Å². The number of hydrogen-bond acceptors (Lipinski definition) is 2. The second-order valence-corrected chi connectivity index (χ2v) is 5.24. The monoisotopic (exact) mass is 187 g/mol. The maximum absolute atomic E-state index is 10.9. The Bertz CT molecular complexity index is 336. The Morgan fingerprint density at radius 3 is 2.42 bits per heavy atom. The minimum absolute atomic E-state index is 0.0498. The van der Waals surface area contributed by atoms with E-state index in [1.807, 2.05) is 19.9 Å². The van der Waals surface area contributed by atoms with Gasteiger partial charge in [0.2, 0.25) is 10.0 Å². The van der Waals surface area contributed by atoms with Crippen LogP contribution in [0.25, 0.3) is 0 Å². The molecule has 0 fully saturated rings. The molecule has 0 aliphatic heterocycles. The van der Waals surface area contributed by atoms with Gasteiger partial charge in [0.15, 0.2) is 0 Å². The number of allylic oxidation sites excluding steroid dienone is 3. The molecular weight excluding hydrogens is 174 g/mol. The Morgan fingerprint density at radius 2 is 2.08 bits per heavy atom. The molecule has 1 aliphatic carbocycles. The van der Waals surface area contributed by atoms with E-state index in [1.165, 1.54) is 0 Å². The molecule has 4 heteroatoms. The molecular formula is C8H13NO2S. The Morgan fingerprint density at radius 1 is 1.50 bits per heavy atom. The topological polar surface area (TPSA) is 60.2 Å². The molecule has 0 saturated carbocycles. The Labute approximate surface area is 73.0 Å². The summed E-state index contributed by atoms with van der Waals surface area (Å²) >= 11 is 0. The predicted molar refractivity (Wildman–Crippen MR) is 48.7 cm³/mol. The number of primary sulfonamides is 1. The van der Waals surface area contributed by atoms with Gasteiger partial charge in [0.05, 0.1) is 4.91 Å². The van der Waals surface area contributed by atoms with Crippen LogP contribution in [0.1, 0.15) is 20.3 Å². The maximum atomic E-state index is 10.9. The molecule has 0 aromatic carbocycles. The minimum atomic E-state index is -3.50. The quantitative estimate of drug-likeness (QED) is 0.669. The SMILES string of the molecule is CC1(C)C=CC(S(N)(=O)=O)=CC1. The summed E-state index contributed by atoms with van der Waals surface area (Å²) in [4.78, 5) is 0.224. The van der Waals surface area contributed by atoms with Crippen molar-refractivity contribution in [3.8, 4) is 0 Å². The molecule has 2 N–H and O–H groups in total. The maximum Gasteiger partial charge on any atom is 0.237 e. The van der Waals surface area contributed by atoms with E-state index < -0.39 is 10.0 Å². The smallest absolute Gasteiger partial charge is 0.225 e. The molecule has 1 aliphatic rings. The van der Waals surface area contributed by atoms with Gasteiger partial charge in [0.1, 0.15) is 0 Å². The lowest BCUT2D eigenvalue weighted by Crippen LogP contribution is -2.17. The molecule has 0 bridgehead atoms. The van der Waals surface area contributed by atoms with Crippen LogP contribution >= 0.6 is 0 Å². The van der Waals surface area contributed by atoms with Crippen LogP contribution in [0.5, 0.6) is 0 Å². The summed E-state index contributed by atoms with van der Waals surface area (Å²) < 4.78 is 21.7. The van der Waals surface area contributed by atoms with E-state index in [-0.39, 0.29) is 10.3 Å². The van der Waals surface area contributed by atoms with Crippen LogP contribution in [0.2, 0.25) is 0 Å². The highest BCUT2D eigenvalue weighted by Gasteiger charge is 2.19. The standard InChI is InChI=1S/C8H13NO2S/c1-8(2)5-3-7(4-6-8)12(9,10)11/h3-5H,6H2,1-2H3,(H2,9,10,11). The average molecular weight is 187 g/mol. The fourth-order valence-electron chi connectivity index (χ4n) is 1.02. The molecule has 0 radical (unpaired) electrons. The van der Waals surface area contributed by atoms with Crippen molar-refractivity contribution < 1.29 is 8.42 Å². The number of nitrogens with two attached hydrogens (primary N) is 1. The van der Waals surface area contributed by atoms with Gasteiger partial charge in [-0.25, -0.2) is 13.6 Å². The van der Waals surface area contributed by atoms with E-state index in [0.29, 0.717) is 0 Å². The van der Waals surface area contributed by atoms with Gasteiger partial charge in [0.25, 0.3) is 0 Å². The number of rotatable bonds is 1. The van der Waals surface area contributed by atoms with Gasteiger partial charge in [-0.3, -0.25) is 0 Å². The van der Waals surface area contributed by atoms with Gasteiger partial charge >= 0.3 is 0 Å². The third-order valence-electron chi connectivity index (χ3n) is 1.86. The first-order valence-corrected chi connectivity index (χ1v) is 5.28. The Balaban J connectivity index is 2.93. The fourth-order valence-corrected chi connectivity index (χ4v) is 1.59. The van der Waals surface area contributed by atoms with Crippen LogP contribution in [0.3, 0.4) is 0 Å². The van der Waals surface area contributed by atoms with Crippen molar-refractivity contribution in [2.75, 3.05) is 0 Å². The van der Waals surface area contributed by atoms with E-state index in [0.717, 1.165) is 6.42 Å². The third-order valence-corrected chi connectivity index (χ3v) is 2.82. The minimum Gasteiger partial charge on any atom is -0.225 e. The van der Waals surface area contributed by atoms with Gasteiger partial charge < -0.3 is 0 Å². The highest BCUT2D eigenvalue weighted by Crippen LogP contribution is 2.29. The van der Waals surface area contributed by atoms with Crippen molar-refractivity contribution in [3.05, 3.63) is 23.1 Å². The van der Waals surface area contributed by atoms with Gasteiger partial charge in [0, 0.05) is 0 Å². The van der Waals surface area contributed by atoms with Gasteiger partial charge in [-0.2, -0.15) is 0 Å². The first kappa shape index (κ1) is 9.48. The van der Waals surface area contributed by atoms with Crippen molar-refractivity contribution in [3.63, 3.8) is 0 Å². The van der Waals surface area contributed by atoms with Crippen LogP contribution in [0.15, 0.2) is 23.1 Å². The van der Waals surface area contributed by atoms with E-state index in [2.05, 4.69) is 0 Å². The molecule has 12 heavy (non-hydrogen) atoms. The average Bonchev–Trinajstić information content (AvgIpc) is 1.83. The number of sulfonamides is 1. The third kappa shape index (κ3) is 2.19. The lowest BCUT2D eigenvalue weighted by atomic mass is 9.86. The van der Waals surface area contributed by atoms with Crippen LogP contribution in [0, 0.1) is 5.41 Å². The number of hydrogen-bond donors (Lipinski definition) is 1. The van der Waals surface area contributed by atoms with E-state index in [9.17, 15) is 8.42 Å². The van der Waals surface area contributed by atoms with Crippen LogP contribution in [-0.4, -0.2) is 8.42 Å². The predicted octanol–water partition coefficient (Wildman–Crippen LogP) is 1.14. The van der Waals surface area contributed by atoms with E-state index in [1.54, 1.807) is 12.2 Å². The van der Waals surface area contributed by atoms with Crippen molar-refractivity contribution in [1.29, 1.82) is 0 Å². The first-order chi connectivity index (χ1) is 5.31. The summed E-state index contributed by atoms with van der Waals surface area (Å²) in [7, 11) is -3.50. The molecule has 0 aromatic rings. The Kier molecular flexibility index (Phi) is 2.14. The van der Waals surface area contributed by atoms with E-state index >= 15 is 0 Å². The molecule has 0 heterocycles. The molecule has 3 nitrogen and oxygen atoms in total. The summed E-state index contributed by atoms with van der Waals surface area (Å²) in [5.74, 6) is 0. The van der Waals surface area contributed by atoms with E-state index in [4.69, 9.17) is 5.14 Å². The van der Waals surface area contributed by atoms with Crippen LogP contribution in [-0.2, 0) is 10.0 Å². The largest absolute Gasteiger partial charge is 0.237 e. The highest BCUT2D eigenvalue weighted by atomic mass is 32.2. The zero-order valence-corrected chi connectivity index (χ0v) is 8.06. The Hall–Kier alpha value is -0.610. The zero-order chi connectivity index (χ0) is 9.41. The second kappa shape index (κ2) is 2.71. The molecule has 0 amide bonds. The molecule has 0 spiro atoms. The normalized spacial score (nSPS) is 22.1. The fraction of sp³-hybridized carbons (Fsp3) is 0.500. The van der Waals surface area contributed by atoms with Crippen LogP contribution < -0.4 is 5.14 Å². The molecule has 0 aromatic heterocycles. The van der Waals surface area contributed by atoms with Crippen molar-refractivity contribution in [2.24, 2.45) is 10.6 Å². The lowest BCUT2D eigenvalue weighted by Gasteiger charge is -2.21. The molecule has 68 valence electrons. The van der Waals surface area contributed by atoms with Crippen molar-refractivity contribution >= 4 is 10.0 Å². The van der Waals surface area contributed by atoms with Gasteiger partial charge in [-0.15, -0.1) is 0 Å². The lowest BCUT2D eigenvalue weighted by molar-refractivity contribution is 0.483.